The first-order chi connectivity index (χ1) is 14.8. The summed E-state index contributed by atoms with van der Waals surface area (Å²) in [6.07, 6.45) is -4.71. The number of nitrogens with zero attached hydrogens (tertiary/aromatic N) is 3. The number of hydrogen-bond acceptors (Lipinski definition) is 6. The summed E-state index contributed by atoms with van der Waals surface area (Å²) in [7, 11) is 0. The standard InChI is InChI=1S/C19H20F5N5O3/c1-9(2)12(15(31)29-6-5-17(8-29)7-18(17,20)21)26-16-28-27-14(32-16)10-3-4-11(19(22,23)24)25-13(10)30/h3-4,9,12H,5-8H2,1-2H3,(H,25,30)(H,26,28)/t12-,17-/m0/s1. The van der Waals surface area contributed by atoms with E-state index >= 15 is 0 Å². The molecule has 8 nitrogen and oxygen atoms in total. The van der Waals surface area contributed by atoms with Crippen molar-refractivity contribution in [3.63, 3.8) is 0 Å². The van der Waals surface area contributed by atoms with Gasteiger partial charge in [-0.25, -0.2) is 8.78 Å². The van der Waals surface area contributed by atoms with Crippen molar-refractivity contribution in [3.8, 4) is 11.5 Å². The zero-order valence-corrected chi connectivity index (χ0v) is 17.1. The molecule has 3 heterocycles. The SMILES string of the molecule is CC(C)[C@H](Nc1nnc(-c2ccc(C(F)(F)F)[nH]c2=O)o1)C(=O)N1CC[C@@]2(C1)CC2(F)F. The van der Waals surface area contributed by atoms with Crippen LogP contribution >= 0.6 is 0 Å². The molecule has 0 unspecified atom stereocenters. The summed E-state index contributed by atoms with van der Waals surface area (Å²) in [5.41, 5.74) is -3.70. The highest BCUT2D eigenvalue weighted by Crippen LogP contribution is 2.65. The second-order valence-corrected chi connectivity index (χ2v) is 8.56. The molecular weight excluding hydrogens is 441 g/mol. The Morgan fingerprint density at radius 2 is 1.97 bits per heavy atom. The first-order valence-electron chi connectivity index (χ1n) is 9.90. The lowest BCUT2D eigenvalue weighted by molar-refractivity contribution is -0.141. The Labute approximate surface area is 178 Å². The highest BCUT2D eigenvalue weighted by molar-refractivity contribution is 5.85. The molecule has 2 fully saturated rings. The minimum Gasteiger partial charge on any atom is -0.403 e. The quantitative estimate of drug-likeness (QED) is 0.663. The number of likely N-dealkylation sites (tertiary alicyclic amines) is 1. The summed E-state index contributed by atoms with van der Waals surface area (Å²) in [5.74, 6) is -3.76. The van der Waals surface area contributed by atoms with E-state index in [-0.39, 0.29) is 49.3 Å². The van der Waals surface area contributed by atoms with Crippen LogP contribution in [0.4, 0.5) is 28.0 Å². The topological polar surface area (TPSA) is 104 Å². The van der Waals surface area contributed by atoms with Crippen molar-refractivity contribution in [2.24, 2.45) is 11.3 Å². The zero-order valence-electron chi connectivity index (χ0n) is 17.1. The monoisotopic (exact) mass is 461 g/mol. The lowest BCUT2D eigenvalue weighted by Gasteiger charge is -2.26. The summed E-state index contributed by atoms with van der Waals surface area (Å²) >= 11 is 0. The summed E-state index contributed by atoms with van der Waals surface area (Å²) in [6, 6.07) is 0.489. The molecule has 4 rings (SSSR count). The summed E-state index contributed by atoms with van der Waals surface area (Å²) in [4.78, 5) is 28.0. The number of pyridine rings is 1. The fourth-order valence-corrected chi connectivity index (χ4v) is 3.93. The van der Waals surface area contributed by atoms with Gasteiger partial charge in [0.25, 0.3) is 17.4 Å². The largest absolute Gasteiger partial charge is 0.431 e. The predicted molar refractivity (Wildman–Crippen MR) is 101 cm³/mol. The maximum absolute atomic E-state index is 13.6. The van der Waals surface area contributed by atoms with E-state index in [2.05, 4.69) is 15.5 Å². The first kappa shape index (κ1) is 22.2. The molecule has 2 N–H and O–H groups in total. The van der Waals surface area contributed by atoms with Crippen molar-refractivity contribution in [2.75, 3.05) is 18.4 Å². The van der Waals surface area contributed by atoms with E-state index in [9.17, 15) is 31.5 Å². The highest BCUT2D eigenvalue weighted by Gasteiger charge is 2.73. The Morgan fingerprint density at radius 1 is 1.28 bits per heavy atom. The number of hydrogen-bond donors (Lipinski definition) is 2. The van der Waals surface area contributed by atoms with Crippen molar-refractivity contribution in [1.82, 2.24) is 20.1 Å². The van der Waals surface area contributed by atoms with E-state index in [0.717, 1.165) is 6.07 Å². The number of aromatic amines is 1. The Kier molecular flexibility index (Phi) is 5.05. The van der Waals surface area contributed by atoms with Gasteiger partial charge in [-0.15, -0.1) is 5.10 Å². The third-order valence-corrected chi connectivity index (χ3v) is 5.96. The van der Waals surface area contributed by atoms with Crippen LogP contribution in [0.1, 0.15) is 32.4 Å². The molecule has 2 aromatic heterocycles. The lowest BCUT2D eigenvalue weighted by atomic mass is 10.0. The minimum atomic E-state index is -4.72. The van der Waals surface area contributed by atoms with Crippen LogP contribution in [0, 0.1) is 11.3 Å². The summed E-state index contributed by atoms with van der Waals surface area (Å²) in [5, 5.41) is 10.1. The lowest BCUT2D eigenvalue weighted by Crippen LogP contribution is -2.45. The van der Waals surface area contributed by atoms with E-state index in [1.165, 1.54) is 4.90 Å². The van der Waals surface area contributed by atoms with Gasteiger partial charge in [-0.2, -0.15) is 13.2 Å². The molecule has 2 aromatic rings. The molecule has 2 aliphatic rings. The van der Waals surface area contributed by atoms with E-state index in [0.29, 0.717) is 6.07 Å². The second-order valence-electron chi connectivity index (χ2n) is 8.56. The minimum absolute atomic E-state index is 0.0280. The van der Waals surface area contributed by atoms with Crippen LogP contribution in [-0.2, 0) is 11.0 Å². The Morgan fingerprint density at radius 3 is 2.50 bits per heavy atom. The van der Waals surface area contributed by atoms with Gasteiger partial charge in [-0.3, -0.25) is 9.59 Å². The Hall–Kier alpha value is -2.99. The van der Waals surface area contributed by atoms with Gasteiger partial charge < -0.3 is 19.6 Å². The summed E-state index contributed by atoms with van der Waals surface area (Å²) in [6.45, 7) is 3.67. The number of rotatable bonds is 5. The van der Waals surface area contributed by atoms with Gasteiger partial charge in [0.15, 0.2) is 0 Å². The van der Waals surface area contributed by atoms with Crippen LogP contribution in [0.5, 0.6) is 0 Å². The van der Waals surface area contributed by atoms with Crippen LogP contribution in [0.2, 0.25) is 0 Å². The molecular formula is C19H20F5N5O3. The normalized spacial score (nSPS) is 23.1. The number of H-pyrrole nitrogens is 1. The molecule has 32 heavy (non-hydrogen) atoms. The molecule has 0 aromatic carbocycles. The average molecular weight is 461 g/mol. The second kappa shape index (κ2) is 7.27. The molecule has 174 valence electrons. The van der Waals surface area contributed by atoms with Gasteiger partial charge in [0.05, 0.1) is 5.41 Å². The number of aromatic nitrogens is 3. The number of halogens is 5. The molecule has 1 aliphatic carbocycles. The Balaban J connectivity index is 1.49. The number of amides is 1. The number of carbonyl (C=O) groups excluding carboxylic acids is 1. The van der Waals surface area contributed by atoms with Crippen molar-refractivity contribution in [2.45, 2.75) is 44.8 Å². The molecule has 1 aliphatic heterocycles. The maximum Gasteiger partial charge on any atom is 0.431 e. The van der Waals surface area contributed by atoms with E-state index < -0.39 is 40.7 Å². The molecule has 1 spiro atoms. The van der Waals surface area contributed by atoms with Gasteiger partial charge in [-0.05, 0) is 24.5 Å². The van der Waals surface area contributed by atoms with Crippen LogP contribution in [-0.4, -0.2) is 51.0 Å². The van der Waals surface area contributed by atoms with Crippen LogP contribution in [0.3, 0.4) is 0 Å². The number of anilines is 1. The van der Waals surface area contributed by atoms with Crippen molar-refractivity contribution in [3.05, 3.63) is 28.2 Å². The predicted octanol–water partition coefficient (Wildman–Crippen LogP) is 3.14. The van der Waals surface area contributed by atoms with Crippen LogP contribution in [0.25, 0.3) is 11.5 Å². The molecule has 1 saturated carbocycles. The smallest absolute Gasteiger partial charge is 0.403 e. The summed E-state index contributed by atoms with van der Waals surface area (Å²) < 4.78 is 70.8. The number of nitrogens with one attached hydrogen (secondary N) is 2. The van der Waals surface area contributed by atoms with Crippen LogP contribution in [0.15, 0.2) is 21.3 Å². The number of alkyl halides is 5. The van der Waals surface area contributed by atoms with Crippen LogP contribution < -0.4 is 10.9 Å². The third kappa shape index (κ3) is 3.84. The molecule has 0 bridgehead atoms. The van der Waals surface area contributed by atoms with Gasteiger partial charge in [-0.1, -0.05) is 18.9 Å². The molecule has 13 heteroatoms. The van der Waals surface area contributed by atoms with Gasteiger partial charge in [0, 0.05) is 19.5 Å². The molecule has 1 saturated heterocycles. The van der Waals surface area contributed by atoms with E-state index in [1.54, 1.807) is 18.8 Å². The van der Waals surface area contributed by atoms with E-state index in [1.807, 2.05) is 0 Å². The van der Waals surface area contributed by atoms with Gasteiger partial charge in [0.1, 0.15) is 17.3 Å². The molecule has 2 atom stereocenters. The maximum atomic E-state index is 13.6. The third-order valence-electron chi connectivity index (χ3n) is 5.96. The Bertz CT molecular complexity index is 1100. The fraction of sp³-hybridized carbons (Fsp3) is 0.579. The van der Waals surface area contributed by atoms with Gasteiger partial charge >= 0.3 is 12.2 Å². The van der Waals surface area contributed by atoms with E-state index in [4.69, 9.17) is 4.42 Å². The molecule has 0 radical (unpaired) electrons. The zero-order chi connectivity index (χ0) is 23.5. The highest BCUT2D eigenvalue weighted by atomic mass is 19.4. The average Bonchev–Trinajstić information content (AvgIpc) is 3.08. The number of carbonyl (C=O) groups is 1. The van der Waals surface area contributed by atoms with Crippen molar-refractivity contribution in [1.29, 1.82) is 0 Å². The first-order valence-corrected chi connectivity index (χ1v) is 9.90. The molecule has 1 amide bonds. The van der Waals surface area contributed by atoms with Crippen molar-refractivity contribution >= 4 is 11.9 Å². The fourth-order valence-electron chi connectivity index (χ4n) is 3.93. The van der Waals surface area contributed by atoms with Crippen molar-refractivity contribution < 1.29 is 31.2 Å². The van der Waals surface area contributed by atoms with Gasteiger partial charge in [0.2, 0.25) is 5.91 Å².